The zero-order chi connectivity index (χ0) is 12.9. The van der Waals surface area contributed by atoms with Crippen LogP contribution in [0.25, 0.3) is 0 Å². The Morgan fingerprint density at radius 3 is 2.88 bits per heavy atom. The molecule has 0 aliphatic heterocycles. The molecular weight excluding hydrogens is 236 g/mol. The third-order valence-electron chi connectivity index (χ3n) is 2.70. The standard InChI is InChI=1S/C11H20N4OS/c1-8-14-9(7-17-8)6-13-5-4-11(2,3)10(12)15-16/h7,13,16H,4-6H2,1-3H3,(H2,12,15). The SMILES string of the molecule is Cc1nc(CNCCC(C)(C)C(N)=NO)cs1. The van der Waals surface area contributed by atoms with E-state index in [0.29, 0.717) is 0 Å². The second-order valence-corrected chi connectivity index (χ2v) is 5.72. The van der Waals surface area contributed by atoms with Crippen molar-refractivity contribution in [3.8, 4) is 0 Å². The number of thiazole rings is 1. The number of aryl methyl sites for hydroxylation is 1. The maximum Gasteiger partial charge on any atom is 0.144 e. The molecule has 0 aliphatic rings. The molecular formula is C11H20N4OS. The first-order chi connectivity index (χ1) is 7.95. The van der Waals surface area contributed by atoms with Crippen LogP contribution in [0.5, 0.6) is 0 Å². The Hall–Kier alpha value is -1.14. The lowest BCUT2D eigenvalue weighted by Gasteiger charge is -2.22. The van der Waals surface area contributed by atoms with Crippen LogP contribution in [-0.2, 0) is 6.54 Å². The minimum Gasteiger partial charge on any atom is -0.409 e. The number of rotatable bonds is 6. The van der Waals surface area contributed by atoms with Crippen LogP contribution < -0.4 is 11.1 Å². The van der Waals surface area contributed by atoms with Gasteiger partial charge < -0.3 is 16.3 Å². The zero-order valence-corrected chi connectivity index (χ0v) is 11.3. The summed E-state index contributed by atoms with van der Waals surface area (Å²) in [4.78, 5) is 4.36. The van der Waals surface area contributed by atoms with E-state index in [-0.39, 0.29) is 11.3 Å². The van der Waals surface area contributed by atoms with Gasteiger partial charge in [0.15, 0.2) is 0 Å². The fraction of sp³-hybridized carbons (Fsp3) is 0.636. The summed E-state index contributed by atoms with van der Waals surface area (Å²) in [6.45, 7) is 7.47. The largest absolute Gasteiger partial charge is 0.409 e. The van der Waals surface area contributed by atoms with Crippen LogP contribution >= 0.6 is 11.3 Å². The summed E-state index contributed by atoms with van der Waals surface area (Å²) in [5.41, 5.74) is 6.38. The Labute approximate surface area is 106 Å². The van der Waals surface area contributed by atoms with E-state index in [1.54, 1.807) is 11.3 Å². The normalized spacial score (nSPS) is 13.0. The molecule has 0 bridgehead atoms. The average molecular weight is 256 g/mol. The highest BCUT2D eigenvalue weighted by Gasteiger charge is 2.22. The summed E-state index contributed by atoms with van der Waals surface area (Å²) >= 11 is 1.65. The molecule has 0 unspecified atom stereocenters. The van der Waals surface area contributed by atoms with Gasteiger partial charge in [-0.05, 0) is 19.9 Å². The minimum absolute atomic E-state index is 0.267. The molecule has 4 N–H and O–H groups in total. The zero-order valence-electron chi connectivity index (χ0n) is 10.5. The molecule has 0 radical (unpaired) electrons. The molecule has 5 nitrogen and oxygen atoms in total. The molecule has 0 atom stereocenters. The van der Waals surface area contributed by atoms with Crippen LogP contribution in [0.3, 0.4) is 0 Å². The van der Waals surface area contributed by atoms with Gasteiger partial charge in [0.1, 0.15) is 5.84 Å². The molecule has 0 spiro atoms. The molecule has 96 valence electrons. The molecule has 0 aromatic carbocycles. The number of nitrogens with one attached hydrogen (secondary N) is 1. The molecule has 1 aromatic heterocycles. The summed E-state index contributed by atoms with van der Waals surface area (Å²) < 4.78 is 0. The van der Waals surface area contributed by atoms with Crippen molar-refractivity contribution in [3.05, 3.63) is 16.1 Å². The second-order valence-electron chi connectivity index (χ2n) is 4.65. The Bertz CT molecular complexity index is 387. The van der Waals surface area contributed by atoms with Gasteiger partial charge in [-0.2, -0.15) is 0 Å². The summed E-state index contributed by atoms with van der Waals surface area (Å²) in [6.07, 6.45) is 0.812. The highest BCUT2D eigenvalue weighted by molar-refractivity contribution is 7.09. The average Bonchev–Trinajstić information content (AvgIpc) is 2.69. The van der Waals surface area contributed by atoms with Crippen LogP contribution in [0.4, 0.5) is 0 Å². The maximum atomic E-state index is 8.64. The van der Waals surface area contributed by atoms with E-state index in [1.807, 2.05) is 20.8 Å². The lowest BCUT2D eigenvalue weighted by molar-refractivity contribution is 0.305. The van der Waals surface area contributed by atoms with E-state index in [1.165, 1.54) is 0 Å². The number of nitrogens with two attached hydrogens (primary N) is 1. The van der Waals surface area contributed by atoms with Crippen LogP contribution in [0, 0.1) is 12.3 Å². The number of amidine groups is 1. The molecule has 1 heterocycles. The van der Waals surface area contributed by atoms with E-state index in [9.17, 15) is 0 Å². The van der Waals surface area contributed by atoms with Gasteiger partial charge in [0, 0.05) is 17.3 Å². The van der Waals surface area contributed by atoms with Crippen molar-refractivity contribution in [2.24, 2.45) is 16.3 Å². The first-order valence-corrected chi connectivity index (χ1v) is 6.43. The smallest absolute Gasteiger partial charge is 0.144 e. The van der Waals surface area contributed by atoms with E-state index in [0.717, 1.165) is 30.2 Å². The first-order valence-electron chi connectivity index (χ1n) is 5.55. The van der Waals surface area contributed by atoms with Crippen LogP contribution in [0.2, 0.25) is 0 Å². The van der Waals surface area contributed by atoms with E-state index in [4.69, 9.17) is 10.9 Å². The van der Waals surface area contributed by atoms with Gasteiger partial charge >= 0.3 is 0 Å². The molecule has 0 saturated heterocycles. The lowest BCUT2D eigenvalue weighted by atomic mass is 9.88. The number of nitrogens with zero attached hydrogens (tertiary/aromatic N) is 2. The van der Waals surface area contributed by atoms with Crippen LogP contribution in [-0.4, -0.2) is 22.6 Å². The summed E-state index contributed by atoms with van der Waals surface area (Å²) in [5, 5.41) is 18.1. The quantitative estimate of drug-likeness (QED) is 0.238. The van der Waals surface area contributed by atoms with Gasteiger partial charge in [-0.1, -0.05) is 19.0 Å². The first kappa shape index (κ1) is 13.9. The van der Waals surface area contributed by atoms with Crippen LogP contribution in [0.1, 0.15) is 31.0 Å². The van der Waals surface area contributed by atoms with E-state index in [2.05, 4.69) is 20.8 Å². The molecule has 1 rings (SSSR count). The number of oxime groups is 1. The highest BCUT2D eigenvalue weighted by atomic mass is 32.1. The Morgan fingerprint density at radius 1 is 1.65 bits per heavy atom. The van der Waals surface area contributed by atoms with Gasteiger partial charge in [0.2, 0.25) is 0 Å². The molecule has 17 heavy (non-hydrogen) atoms. The monoisotopic (exact) mass is 256 g/mol. The van der Waals surface area contributed by atoms with E-state index < -0.39 is 0 Å². The molecule has 0 aliphatic carbocycles. The fourth-order valence-electron chi connectivity index (χ4n) is 1.37. The summed E-state index contributed by atoms with van der Waals surface area (Å²) in [7, 11) is 0. The van der Waals surface area contributed by atoms with Crippen LogP contribution in [0.15, 0.2) is 10.5 Å². The van der Waals surface area contributed by atoms with Crippen molar-refractivity contribution in [2.75, 3.05) is 6.54 Å². The molecule has 0 saturated carbocycles. The Kier molecular flexibility index (Phi) is 4.89. The molecule has 0 fully saturated rings. The van der Waals surface area contributed by atoms with Gasteiger partial charge in [-0.25, -0.2) is 4.98 Å². The maximum absolute atomic E-state index is 8.64. The Balaban J connectivity index is 2.29. The predicted octanol–water partition coefficient (Wildman–Crippen LogP) is 1.70. The molecule has 0 amide bonds. The van der Waals surface area contributed by atoms with Crippen molar-refractivity contribution < 1.29 is 5.21 Å². The van der Waals surface area contributed by atoms with Crippen molar-refractivity contribution in [3.63, 3.8) is 0 Å². The number of hydrogen-bond acceptors (Lipinski definition) is 5. The fourth-order valence-corrected chi connectivity index (χ4v) is 1.98. The Morgan fingerprint density at radius 2 is 2.35 bits per heavy atom. The summed E-state index contributed by atoms with van der Waals surface area (Å²) in [6, 6.07) is 0. The van der Waals surface area contributed by atoms with Gasteiger partial charge in [0.25, 0.3) is 0 Å². The van der Waals surface area contributed by atoms with Gasteiger partial charge in [-0.3, -0.25) is 0 Å². The summed E-state index contributed by atoms with van der Waals surface area (Å²) in [5.74, 6) is 0.267. The third kappa shape index (κ3) is 4.32. The lowest BCUT2D eigenvalue weighted by Crippen LogP contribution is -2.34. The third-order valence-corrected chi connectivity index (χ3v) is 3.52. The topological polar surface area (TPSA) is 83.5 Å². The van der Waals surface area contributed by atoms with Crippen molar-refractivity contribution in [1.29, 1.82) is 0 Å². The highest BCUT2D eigenvalue weighted by Crippen LogP contribution is 2.19. The van der Waals surface area contributed by atoms with Crippen molar-refractivity contribution >= 4 is 17.2 Å². The van der Waals surface area contributed by atoms with E-state index >= 15 is 0 Å². The van der Waals surface area contributed by atoms with Crippen molar-refractivity contribution in [2.45, 2.75) is 33.7 Å². The molecule has 1 aromatic rings. The molecule has 6 heteroatoms. The minimum atomic E-state index is -0.292. The number of hydrogen-bond donors (Lipinski definition) is 3. The number of aromatic nitrogens is 1. The van der Waals surface area contributed by atoms with Crippen molar-refractivity contribution in [1.82, 2.24) is 10.3 Å². The van der Waals surface area contributed by atoms with Gasteiger partial charge in [0.05, 0.1) is 10.7 Å². The van der Waals surface area contributed by atoms with Gasteiger partial charge in [-0.15, -0.1) is 11.3 Å². The predicted molar refractivity (Wildman–Crippen MR) is 70.4 cm³/mol. The second kappa shape index (κ2) is 5.97.